The van der Waals surface area contributed by atoms with Crippen LogP contribution in [0.1, 0.15) is 44.9 Å². The molecule has 1 aliphatic heterocycles. The topological polar surface area (TPSA) is 42.4 Å². The number of nitrogens with zero attached hydrogens (tertiary/aromatic N) is 1. The quantitative estimate of drug-likeness (QED) is 0.854. The fourth-order valence-corrected chi connectivity index (χ4v) is 2.48. The van der Waals surface area contributed by atoms with Crippen LogP contribution in [0.3, 0.4) is 0 Å². The van der Waals surface area contributed by atoms with Crippen LogP contribution in [0.4, 0.5) is 0 Å². The van der Waals surface area contributed by atoms with Gasteiger partial charge in [-0.05, 0) is 51.9 Å². The number of hydrogen-bond acceptors (Lipinski definition) is 3. The molecule has 3 nitrogen and oxygen atoms in total. The highest BCUT2D eigenvalue weighted by molar-refractivity contribution is 5.10. The van der Waals surface area contributed by atoms with Gasteiger partial charge in [-0.15, -0.1) is 0 Å². The van der Waals surface area contributed by atoms with Crippen LogP contribution < -0.4 is 5.73 Å². The first-order chi connectivity index (χ1) is 7.62. The first-order valence-corrected chi connectivity index (χ1v) is 6.16. The molecule has 1 aliphatic rings. The Bertz CT molecular complexity index is 313. The summed E-state index contributed by atoms with van der Waals surface area (Å²) in [6, 6.07) is 3.82. The summed E-state index contributed by atoms with van der Waals surface area (Å²) in [5, 5.41) is 0. The fourth-order valence-electron chi connectivity index (χ4n) is 2.48. The van der Waals surface area contributed by atoms with Gasteiger partial charge < -0.3 is 10.2 Å². The van der Waals surface area contributed by atoms with Crippen LogP contribution in [-0.4, -0.2) is 23.5 Å². The van der Waals surface area contributed by atoms with Crippen LogP contribution in [-0.2, 0) is 0 Å². The smallest absolute Gasteiger partial charge is 0.122 e. The van der Waals surface area contributed by atoms with Gasteiger partial charge in [-0.25, -0.2) is 0 Å². The molecule has 0 saturated carbocycles. The van der Waals surface area contributed by atoms with Crippen LogP contribution >= 0.6 is 0 Å². The van der Waals surface area contributed by atoms with Gasteiger partial charge in [-0.1, -0.05) is 6.42 Å². The third-order valence-corrected chi connectivity index (χ3v) is 3.78. The van der Waals surface area contributed by atoms with Gasteiger partial charge in [0.05, 0.1) is 12.3 Å². The van der Waals surface area contributed by atoms with Crippen molar-refractivity contribution in [3.63, 3.8) is 0 Å². The van der Waals surface area contributed by atoms with Crippen molar-refractivity contribution in [2.24, 2.45) is 5.73 Å². The van der Waals surface area contributed by atoms with E-state index in [9.17, 15) is 0 Å². The first-order valence-electron chi connectivity index (χ1n) is 6.16. The maximum atomic E-state index is 6.31. The highest BCUT2D eigenvalue weighted by Gasteiger charge is 2.35. The van der Waals surface area contributed by atoms with E-state index in [1.165, 1.54) is 19.3 Å². The Balaban J connectivity index is 2.10. The van der Waals surface area contributed by atoms with Gasteiger partial charge >= 0.3 is 0 Å². The third kappa shape index (κ3) is 2.15. The van der Waals surface area contributed by atoms with Crippen LogP contribution in [0, 0.1) is 0 Å². The van der Waals surface area contributed by atoms with E-state index in [0.29, 0.717) is 0 Å². The molecule has 1 aromatic rings. The highest BCUT2D eigenvalue weighted by atomic mass is 16.3. The Morgan fingerprint density at radius 2 is 2.00 bits per heavy atom. The molecular formula is C13H22N2O. The lowest BCUT2D eigenvalue weighted by molar-refractivity contribution is 0.0666. The molecule has 3 heteroatoms. The SMILES string of the molecule is CC(C)(C(N)c1ccco1)N1CCCCC1. The lowest BCUT2D eigenvalue weighted by atomic mass is 9.89. The molecule has 2 heterocycles. The number of likely N-dealkylation sites (tertiary alicyclic amines) is 1. The van der Waals surface area contributed by atoms with Crippen molar-refractivity contribution in [3.05, 3.63) is 24.2 Å². The monoisotopic (exact) mass is 222 g/mol. The minimum atomic E-state index is -0.0550. The largest absolute Gasteiger partial charge is 0.468 e. The Kier molecular flexibility index (Phi) is 3.36. The molecule has 1 aromatic heterocycles. The molecule has 16 heavy (non-hydrogen) atoms. The number of hydrogen-bond donors (Lipinski definition) is 1. The Hall–Kier alpha value is -0.800. The molecule has 90 valence electrons. The van der Waals surface area contributed by atoms with Gasteiger partial charge in [0.2, 0.25) is 0 Å². The lowest BCUT2D eigenvalue weighted by Crippen LogP contribution is -2.52. The third-order valence-electron chi connectivity index (χ3n) is 3.78. The summed E-state index contributed by atoms with van der Waals surface area (Å²) in [4.78, 5) is 2.49. The second kappa shape index (κ2) is 4.60. The van der Waals surface area contributed by atoms with E-state index in [2.05, 4.69) is 18.7 Å². The summed E-state index contributed by atoms with van der Waals surface area (Å²) in [6.45, 7) is 6.74. The van der Waals surface area contributed by atoms with Gasteiger partial charge in [-0.3, -0.25) is 4.90 Å². The van der Waals surface area contributed by atoms with E-state index < -0.39 is 0 Å². The van der Waals surface area contributed by atoms with Crippen molar-refractivity contribution in [2.75, 3.05) is 13.1 Å². The van der Waals surface area contributed by atoms with Crippen LogP contribution in [0.2, 0.25) is 0 Å². The second-order valence-corrected chi connectivity index (χ2v) is 5.19. The zero-order valence-electron chi connectivity index (χ0n) is 10.3. The predicted octanol–water partition coefficient (Wildman–Crippen LogP) is 2.54. The van der Waals surface area contributed by atoms with Crippen molar-refractivity contribution in [1.82, 2.24) is 4.90 Å². The number of furan rings is 1. The standard InChI is InChI=1S/C13H22N2O/c1-13(2,15-8-4-3-5-9-15)12(14)11-7-6-10-16-11/h6-7,10,12H,3-5,8-9,14H2,1-2H3. The summed E-state index contributed by atoms with van der Waals surface area (Å²) in [7, 11) is 0. The van der Waals surface area contributed by atoms with Gasteiger partial charge in [0.1, 0.15) is 5.76 Å². The number of nitrogens with two attached hydrogens (primary N) is 1. The van der Waals surface area contributed by atoms with E-state index in [4.69, 9.17) is 10.2 Å². The Morgan fingerprint density at radius 1 is 1.31 bits per heavy atom. The molecule has 0 spiro atoms. The van der Waals surface area contributed by atoms with Crippen LogP contribution in [0.25, 0.3) is 0 Å². The molecule has 1 fully saturated rings. The zero-order chi connectivity index (χ0) is 11.6. The zero-order valence-corrected chi connectivity index (χ0v) is 10.3. The minimum absolute atomic E-state index is 0.0295. The first kappa shape index (κ1) is 11.7. The molecule has 0 amide bonds. The molecule has 2 rings (SSSR count). The second-order valence-electron chi connectivity index (χ2n) is 5.19. The molecule has 1 saturated heterocycles. The van der Waals surface area contributed by atoms with Crippen molar-refractivity contribution in [1.29, 1.82) is 0 Å². The van der Waals surface area contributed by atoms with E-state index in [1.807, 2.05) is 12.1 Å². The molecular weight excluding hydrogens is 200 g/mol. The normalized spacial score (nSPS) is 20.9. The van der Waals surface area contributed by atoms with E-state index >= 15 is 0 Å². The Labute approximate surface area is 97.6 Å². The summed E-state index contributed by atoms with van der Waals surface area (Å²) in [5.41, 5.74) is 6.28. The van der Waals surface area contributed by atoms with Gasteiger partial charge in [0.25, 0.3) is 0 Å². The van der Waals surface area contributed by atoms with Crippen molar-refractivity contribution in [2.45, 2.75) is 44.7 Å². The van der Waals surface area contributed by atoms with Crippen molar-refractivity contribution < 1.29 is 4.42 Å². The molecule has 2 N–H and O–H groups in total. The van der Waals surface area contributed by atoms with E-state index in [0.717, 1.165) is 18.8 Å². The number of piperidine rings is 1. The van der Waals surface area contributed by atoms with Crippen LogP contribution in [0.15, 0.2) is 22.8 Å². The van der Waals surface area contributed by atoms with Gasteiger partial charge in [0, 0.05) is 5.54 Å². The Morgan fingerprint density at radius 3 is 2.56 bits per heavy atom. The molecule has 0 radical (unpaired) electrons. The van der Waals surface area contributed by atoms with Crippen molar-refractivity contribution >= 4 is 0 Å². The van der Waals surface area contributed by atoms with Crippen molar-refractivity contribution in [3.8, 4) is 0 Å². The van der Waals surface area contributed by atoms with Gasteiger partial charge in [-0.2, -0.15) is 0 Å². The highest BCUT2D eigenvalue weighted by Crippen LogP contribution is 2.31. The lowest BCUT2D eigenvalue weighted by Gasteiger charge is -2.43. The summed E-state index contributed by atoms with van der Waals surface area (Å²) in [5.74, 6) is 0.885. The molecule has 1 atom stereocenters. The summed E-state index contributed by atoms with van der Waals surface area (Å²) >= 11 is 0. The summed E-state index contributed by atoms with van der Waals surface area (Å²) in [6.07, 6.45) is 5.62. The van der Waals surface area contributed by atoms with E-state index in [1.54, 1.807) is 6.26 Å². The maximum absolute atomic E-state index is 6.31. The minimum Gasteiger partial charge on any atom is -0.468 e. The molecule has 0 bridgehead atoms. The molecule has 1 unspecified atom stereocenters. The molecule has 0 aliphatic carbocycles. The average Bonchev–Trinajstić information content (AvgIpc) is 2.82. The number of rotatable bonds is 3. The maximum Gasteiger partial charge on any atom is 0.122 e. The fraction of sp³-hybridized carbons (Fsp3) is 0.692. The summed E-state index contributed by atoms with van der Waals surface area (Å²) < 4.78 is 5.42. The van der Waals surface area contributed by atoms with Crippen LogP contribution in [0.5, 0.6) is 0 Å². The molecule has 0 aromatic carbocycles. The predicted molar refractivity (Wildman–Crippen MR) is 65.1 cm³/mol. The van der Waals surface area contributed by atoms with Gasteiger partial charge in [0.15, 0.2) is 0 Å². The average molecular weight is 222 g/mol. The van der Waals surface area contributed by atoms with E-state index in [-0.39, 0.29) is 11.6 Å².